The van der Waals surface area contributed by atoms with Crippen LogP contribution in [0.5, 0.6) is 0 Å². The van der Waals surface area contributed by atoms with Gasteiger partial charge >= 0.3 is 0 Å². The molecular weight excluding hydrogens is 1040 g/mol. The van der Waals surface area contributed by atoms with Crippen molar-refractivity contribution in [2.75, 3.05) is 14.7 Å². The Kier molecular flexibility index (Phi) is 11.5. The van der Waals surface area contributed by atoms with E-state index in [9.17, 15) is 0 Å². The standard InChI is InChI=1S/C80H78BN5/c1-76(2,3)49-31-36-65-59(39-49)60-40-50(77(4,5)6)32-37-66(60)84(65)57-34-35-63-68(46-57)83(56-29-23-18-24-30-56)69-47-58(82(54-25-19-16-20-26-54)55-27-21-17-22-28-55)48-70-73(69)81(63)64-43-53(80(13,14)15)45-72-75(64)86(70)71-44-52(79(10,11)12)42-62-61-41-51(78(7,8)9)33-38-67(61)85(72)74(62)71/h16-48H,1-15H3. The van der Waals surface area contributed by atoms with Gasteiger partial charge in [-0.15, -0.1) is 0 Å². The van der Waals surface area contributed by atoms with E-state index in [1.165, 1.54) is 122 Å². The second-order valence-electron chi connectivity index (χ2n) is 30.0. The average molecular weight is 1120 g/mol. The third-order valence-corrected chi connectivity index (χ3v) is 19.1. The second-order valence-corrected chi connectivity index (χ2v) is 30.0. The normalized spacial score (nSPS) is 13.9. The summed E-state index contributed by atoms with van der Waals surface area (Å²) >= 11 is 0. The van der Waals surface area contributed by atoms with Gasteiger partial charge in [-0.1, -0.05) is 189 Å². The van der Waals surface area contributed by atoms with Gasteiger partial charge in [0, 0.05) is 61.4 Å². The Hall–Kier alpha value is -8.74. The lowest BCUT2D eigenvalue weighted by atomic mass is 9.33. The zero-order chi connectivity index (χ0) is 59.9. The first-order valence-corrected chi connectivity index (χ1v) is 31.1. The third-order valence-electron chi connectivity index (χ3n) is 19.1. The number of aromatic nitrogens is 2. The Labute approximate surface area is 509 Å². The van der Waals surface area contributed by atoms with Gasteiger partial charge in [0.1, 0.15) is 0 Å². The van der Waals surface area contributed by atoms with Crippen molar-refractivity contribution in [1.82, 2.24) is 9.13 Å². The monoisotopic (exact) mass is 1120 g/mol. The van der Waals surface area contributed by atoms with Gasteiger partial charge in [-0.05, 0) is 187 Å². The predicted octanol–water partition coefficient (Wildman–Crippen LogP) is 20.2. The zero-order valence-electron chi connectivity index (χ0n) is 52.9. The van der Waals surface area contributed by atoms with E-state index in [-0.39, 0.29) is 33.8 Å². The smallest absolute Gasteiger partial charge is 0.252 e. The number of fused-ring (bicyclic) bond motifs is 12. The summed E-state index contributed by atoms with van der Waals surface area (Å²) in [5.41, 5.74) is 27.9. The van der Waals surface area contributed by atoms with Crippen LogP contribution in [-0.2, 0) is 27.1 Å². The first-order valence-electron chi connectivity index (χ1n) is 31.1. The van der Waals surface area contributed by atoms with Gasteiger partial charge in [0.2, 0.25) is 0 Å². The topological polar surface area (TPSA) is 19.6 Å². The fourth-order valence-corrected chi connectivity index (χ4v) is 14.3. The predicted molar refractivity (Wildman–Crippen MR) is 371 cm³/mol. The Morgan fingerprint density at radius 1 is 0.302 bits per heavy atom. The van der Waals surface area contributed by atoms with E-state index in [1.807, 2.05) is 0 Å². The molecule has 0 spiro atoms. The molecule has 0 bridgehead atoms. The highest BCUT2D eigenvalue weighted by Gasteiger charge is 2.48. The summed E-state index contributed by atoms with van der Waals surface area (Å²) in [5.74, 6) is 0. The number of nitrogens with zero attached hydrogens (tertiary/aromatic N) is 5. The molecule has 0 unspecified atom stereocenters. The van der Waals surface area contributed by atoms with Crippen molar-refractivity contribution in [3.8, 4) is 11.4 Å². The number of para-hydroxylation sites is 3. The van der Waals surface area contributed by atoms with Crippen LogP contribution < -0.4 is 31.1 Å². The molecule has 3 aliphatic rings. The summed E-state index contributed by atoms with van der Waals surface area (Å²) in [5, 5.41) is 5.16. The molecule has 10 aromatic carbocycles. The fraction of sp³-hybridized carbons (Fsp3) is 0.250. The van der Waals surface area contributed by atoms with Crippen molar-refractivity contribution >= 4 is 118 Å². The van der Waals surface area contributed by atoms with Crippen molar-refractivity contribution < 1.29 is 0 Å². The van der Waals surface area contributed by atoms with Crippen molar-refractivity contribution in [1.29, 1.82) is 0 Å². The highest BCUT2D eigenvalue weighted by atomic mass is 15.2. The second kappa shape index (κ2) is 18.4. The van der Waals surface area contributed by atoms with Crippen LogP contribution in [0.15, 0.2) is 200 Å². The zero-order valence-corrected chi connectivity index (χ0v) is 52.9. The number of hydrogen-bond acceptors (Lipinski definition) is 3. The molecule has 0 fully saturated rings. The highest BCUT2D eigenvalue weighted by Crippen LogP contribution is 2.56. The largest absolute Gasteiger partial charge is 0.311 e. The summed E-state index contributed by atoms with van der Waals surface area (Å²) < 4.78 is 5.19. The molecule has 3 aliphatic heterocycles. The molecule has 0 atom stereocenters. The SMILES string of the molecule is CC(C)(C)c1cc2c3c(c1)-n1c4ccc(C(C)(C)C)cc4c4cc(C(C)(C)C)cc(c41)N3c1cc(N(c3ccccc3)c3ccccc3)cc3c1B2c1ccc(-n2c4ccc(C(C)(C)C)cc4c4cc(C(C)(C)C)ccc42)cc1N3c1ccccc1. The fourth-order valence-electron chi connectivity index (χ4n) is 14.3. The number of anilines is 9. The van der Waals surface area contributed by atoms with E-state index in [0.29, 0.717) is 0 Å². The maximum Gasteiger partial charge on any atom is 0.252 e. The highest BCUT2D eigenvalue weighted by molar-refractivity contribution is 7.00. The number of hydrogen-bond donors (Lipinski definition) is 0. The molecule has 5 heterocycles. The van der Waals surface area contributed by atoms with Crippen LogP contribution in [0.25, 0.3) is 55.0 Å². The lowest BCUT2D eigenvalue weighted by Gasteiger charge is -2.47. The van der Waals surface area contributed by atoms with Gasteiger partial charge in [0.25, 0.3) is 6.71 Å². The van der Waals surface area contributed by atoms with E-state index in [0.717, 1.165) is 28.4 Å². The molecule has 0 radical (unpaired) electrons. The maximum atomic E-state index is 2.71. The van der Waals surface area contributed by atoms with Gasteiger partial charge in [-0.2, -0.15) is 0 Å². The number of rotatable bonds is 5. The minimum atomic E-state index is -0.166. The van der Waals surface area contributed by atoms with E-state index < -0.39 is 0 Å². The van der Waals surface area contributed by atoms with Crippen LogP contribution in [-0.4, -0.2) is 15.8 Å². The first-order chi connectivity index (χ1) is 40.8. The van der Waals surface area contributed by atoms with Gasteiger partial charge < -0.3 is 23.8 Å². The molecule has 5 nitrogen and oxygen atoms in total. The molecule has 426 valence electrons. The molecular formula is C80H78BN5. The summed E-state index contributed by atoms with van der Waals surface area (Å²) in [6.45, 7) is 35.1. The summed E-state index contributed by atoms with van der Waals surface area (Å²) in [6, 6.07) is 77.5. The molecule has 0 saturated heterocycles. The van der Waals surface area contributed by atoms with E-state index in [1.54, 1.807) is 0 Å². The number of benzene rings is 10. The van der Waals surface area contributed by atoms with Crippen molar-refractivity contribution in [2.45, 2.75) is 131 Å². The summed E-state index contributed by atoms with van der Waals surface area (Å²) in [7, 11) is 0. The van der Waals surface area contributed by atoms with Gasteiger partial charge in [-0.25, -0.2) is 0 Å². The van der Waals surface area contributed by atoms with E-state index in [2.05, 4.69) is 328 Å². The maximum absolute atomic E-state index is 2.71. The molecule has 0 N–H and O–H groups in total. The summed E-state index contributed by atoms with van der Waals surface area (Å²) in [6.07, 6.45) is 0. The molecule has 0 amide bonds. The Morgan fingerprint density at radius 3 is 1.26 bits per heavy atom. The molecule has 0 saturated carbocycles. The lowest BCUT2D eigenvalue weighted by molar-refractivity contribution is 0.590. The van der Waals surface area contributed by atoms with Crippen LogP contribution in [0.3, 0.4) is 0 Å². The molecule has 2 aromatic heterocycles. The van der Waals surface area contributed by atoms with Crippen LogP contribution in [0.4, 0.5) is 51.2 Å². The molecule has 86 heavy (non-hydrogen) atoms. The molecule has 12 aromatic rings. The third kappa shape index (κ3) is 8.18. The average Bonchev–Trinajstić information content (AvgIpc) is 1.13. The molecule has 0 aliphatic carbocycles. The minimum absolute atomic E-state index is 0.0137. The van der Waals surface area contributed by atoms with Crippen LogP contribution >= 0.6 is 0 Å². The Morgan fingerprint density at radius 2 is 0.744 bits per heavy atom. The van der Waals surface area contributed by atoms with Crippen LogP contribution in [0.2, 0.25) is 0 Å². The minimum Gasteiger partial charge on any atom is -0.311 e. The van der Waals surface area contributed by atoms with Gasteiger partial charge in [0.15, 0.2) is 0 Å². The van der Waals surface area contributed by atoms with Crippen molar-refractivity contribution in [2.24, 2.45) is 0 Å². The first kappa shape index (κ1) is 54.0. The molecule has 6 heteroatoms. The Balaban J connectivity index is 1.10. The van der Waals surface area contributed by atoms with E-state index in [4.69, 9.17) is 0 Å². The lowest BCUT2D eigenvalue weighted by Crippen LogP contribution is -2.62. The van der Waals surface area contributed by atoms with Crippen LogP contribution in [0.1, 0.15) is 132 Å². The quantitative estimate of drug-likeness (QED) is 0.160. The van der Waals surface area contributed by atoms with Gasteiger partial charge in [0.05, 0.1) is 44.8 Å². The summed E-state index contributed by atoms with van der Waals surface area (Å²) in [4.78, 5) is 7.78. The van der Waals surface area contributed by atoms with Crippen molar-refractivity contribution in [3.63, 3.8) is 0 Å². The molecule has 15 rings (SSSR count). The Bertz CT molecular complexity index is 4670. The van der Waals surface area contributed by atoms with E-state index >= 15 is 0 Å². The van der Waals surface area contributed by atoms with Crippen molar-refractivity contribution in [3.05, 3.63) is 228 Å². The van der Waals surface area contributed by atoms with Gasteiger partial charge in [-0.3, -0.25) is 0 Å². The van der Waals surface area contributed by atoms with Crippen LogP contribution in [0, 0.1) is 0 Å².